The second kappa shape index (κ2) is 5.14. The number of hydrogen-bond acceptors (Lipinski definition) is 3. The minimum Gasteiger partial charge on any atom is -0.395 e. The molecule has 0 saturated heterocycles. The summed E-state index contributed by atoms with van der Waals surface area (Å²) in [5.41, 5.74) is 0.888. The van der Waals surface area contributed by atoms with Crippen molar-refractivity contribution in [2.75, 3.05) is 6.61 Å². The molecular formula is C10H14ClNO3S. The summed E-state index contributed by atoms with van der Waals surface area (Å²) in [6, 6.07) is 4.16. The average molecular weight is 264 g/mol. The van der Waals surface area contributed by atoms with E-state index < -0.39 is 16.1 Å². The van der Waals surface area contributed by atoms with E-state index in [9.17, 15) is 8.42 Å². The fourth-order valence-electron chi connectivity index (χ4n) is 1.19. The van der Waals surface area contributed by atoms with Crippen molar-refractivity contribution in [2.24, 2.45) is 0 Å². The van der Waals surface area contributed by atoms with Crippen LogP contribution in [0.25, 0.3) is 0 Å². The van der Waals surface area contributed by atoms with Gasteiger partial charge in [-0.15, -0.1) is 0 Å². The summed E-state index contributed by atoms with van der Waals surface area (Å²) in [5.74, 6) is 0. The van der Waals surface area contributed by atoms with E-state index >= 15 is 0 Å². The Morgan fingerprint density at radius 3 is 2.62 bits per heavy atom. The van der Waals surface area contributed by atoms with Gasteiger partial charge in [-0.25, -0.2) is 13.1 Å². The number of hydrogen-bond donors (Lipinski definition) is 2. The lowest BCUT2D eigenvalue weighted by Gasteiger charge is -2.12. The summed E-state index contributed by atoms with van der Waals surface area (Å²) in [5, 5.41) is 8.98. The van der Waals surface area contributed by atoms with E-state index in [0.717, 1.165) is 5.56 Å². The van der Waals surface area contributed by atoms with Crippen LogP contribution in [0.1, 0.15) is 12.5 Å². The van der Waals surface area contributed by atoms with Crippen LogP contribution < -0.4 is 4.72 Å². The van der Waals surface area contributed by atoms with Gasteiger partial charge >= 0.3 is 0 Å². The standard InChI is InChI=1S/C10H14ClNO3S/c1-7-3-4-10(9(11)5-7)16(14,15)12-8(2)6-13/h3-5,8,12-13H,6H2,1-2H3/t8-/m0/s1. The third kappa shape index (κ3) is 3.18. The molecule has 16 heavy (non-hydrogen) atoms. The maximum Gasteiger partial charge on any atom is 0.242 e. The Balaban J connectivity index is 3.08. The van der Waals surface area contributed by atoms with Crippen molar-refractivity contribution in [1.29, 1.82) is 0 Å². The molecule has 0 aliphatic heterocycles. The number of benzene rings is 1. The summed E-state index contributed by atoms with van der Waals surface area (Å²) >= 11 is 5.86. The first kappa shape index (κ1) is 13.4. The van der Waals surface area contributed by atoms with Gasteiger partial charge in [0.15, 0.2) is 0 Å². The lowest BCUT2D eigenvalue weighted by atomic mass is 10.2. The minimum absolute atomic E-state index is 0.0278. The van der Waals surface area contributed by atoms with Crippen molar-refractivity contribution in [1.82, 2.24) is 4.72 Å². The Morgan fingerprint density at radius 1 is 1.50 bits per heavy atom. The van der Waals surface area contributed by atoms with E-state index in [-0.39, 0.29) is 16.5 Å². The van der Waals surface area contributed by atoms with Crippen LogP contribution in [0, 0.1) is 6.92 Å². The number of aliphatic hydroxyl groups is 1. The fraction of sp³-hybridized carbons (Fsp3) is 0.400. The number of rotatable bonds is 4. The molecule has 6 heteroatoms. The zero-order chi connectivity index (χ0) is 12.3. The highest BCUT2D eigenvalue weighted by Gasteiger charge is 2.19. The second-order valence-electron chi connectivity index (χ2n) is 3.64. The Hall–Kier alpha value is -0.620. The fourth-order valence-corrected chi connectivity index (χ4v) is 3.02. The largest absolute Gasteiger partial charge is 0.395 e. The van der Waals surface area contributed by atoms with Crippen LogP contribution in [0.4, 0.5) is 0 Å². The van der Waals surface area contributed by atoms with Crippen molar-refractivity contribution < 1.29 is 13.5 Å². The maximum absolute atomic E-state index is 11.8. The molecule has 0 fully saturated rings. The predicted octanol–water partition coefficient (Wildman–Crippen LogP) is 1.31. The highest BCUT2D eigenvalue weighted by atomic mass is 35.5. The smallest absolute Gasteiger partial charge is 0.242 e. The Bertz CT molecular complexity index is 473. The van der Waals surface area contributed by atoms with Crippen LogP contribution in [-0.4, -0.2) is 26.2 Å². The van der Waals surface area contributed by atoms with Crippen molar-refractivity contribution in [3.05, 3.63) is 28.8 Å². The monoisotopic (exact) mass is 263 g/mol. The first-order chi connectivity index (χ1) is 7.36. The quantitative estimate of drug-likeness (QED) is 0.861. The van der Waals surface area contributed by atoms with Gasteiger partial charge < -0.3 is 5.11 Å². The molecule has 0 aliphatic carbocycles. The topological polar surface area (TPSA) is 66.4 Å². The minimum atomic E-state index is -3.66. The lowest BCUT2D eigenvalue weighted by Crippen LogP contribution is -2.35. The molecule has 0 amide bonds. The van der Waals surface area contributed by atoms with Crippen LogP contribution in [0.15, 0.2) is 23.1 Å². The van der Waals surface area contributed by atoms with Gasteiger partial charge in [-0.05, 0) is 31.5 Å². The van der Waals surface area contributed by atoms with Gasteiger partial charge in [0.25, 0.3) is 0 Å². The van der Waals surface area contributed by atoms with Crippen LogP contribution >= 0.6 is 11.6 Å². The van der Waals surface area contributed by atoms with E-state index in [1.807, 2.05) is 6.92 Å². The molecule has 0 radical (unpaired) electrons. The van der Waals surface area contributed by atoms with Gasteiger partial charge in [0.2, 0.25) is 10.0 Å². The highest BCUT2D eigenvalue weighted by molar-refractivity contribution is 7.89. The van der Waals surface area contributed by atoms with Crippen molar-refractivity contribution in [3.63, 3.8) is 0 Å². The van der Waals surface area contributed by atoms with Crippen molar-refractivity contribution in [2.45, 2.75) is 24.8 Å². The van der Waals surface area contributed by atoms with E-state index in [1.165, 1.54) is 6.07 Å². The van der Waals surface area contributed by atoms with Gasteiger partial charge in [-0.3, -0.25) is 0 Å². The molecule has 90 valence electrons. The normalized spacial score (nSPS) is 13.8. The summed E-state index contributed by atoms with van der Waals surface area (Å²) in [6.45, 7) is 3.13. The van der Waals surface area contributed by atoms with Gasteiger partial charge in [0.1, 0.15) is 4.90 Å². The molecule has 0 aliphatic rings. The lowest BCUT2D eigenvalue weighted by molar-refractivity contribution is 0.265. The van der Waals surface area contributed by atoms with Crippen LogP contribution in [0.5, 0.6) is 0 Å². The number of sulfonamides is 1. The Morgan fingerprint density at radius 2 is 2.12 bits per heavy atom. The third-order valence-electron chi connectivity index (χ3n) is 2.01. The van der Waals surface area contributed by atoms with Crippen LogP contribution in [-0.2, 0) is 10.0 Å². The van der Waals surface area contributed by atoms with E-state index in [2.05, 4.69) is 4.72 Å². The number of halogens is 1. The molecule has 0 spiro atoms. The molecule has 1 atom stereocenters. The first-order valence-electron chi connectivity index (χ1n) is 4.76. The molecule has 1 aromatic rings. The third-order valence-corrected chi connectivity index (χ3v) is 4.08. The molecule has 0 aromatic heterocycles. The number of aliphatic hydroxyl groups excluding tert-OH is 1. The van der Waals surface area contributed by atoms with Gasteiger partial charge in [-0.2, -0.15) is 0 Å². The molecule has 0 bridgehead atoms. The van der Waals surface area contributed by atoms with Crippen LogP contribution in [0.3, 0.4) is 0 Å². The average Bonchev–Trinajstić information content (AvgIpc) is 2.16. The highest BCUT2D eigenvalue weighted by Crippen LogP contribution is 2.22. The van der Waals surface area contributed by atoms with Crippen molar-refractivity contribution >= 4 is 21.6 Å². The second-order valence-corrected chi connectivity index (χ2v) is 5.73. The molecule has 2 N–H and O–H groups in total. The molecule has 0 saturated carbocycles. The van der Waals surface area contributed by atoms with Crippen LogP contribution in [0.2, 0.25) is 5.02 Å². The predicted molar refractivity (Wildman–Crippen MR) is 63.1 cm³/mol. The molecule has 0 heterocycles. The summed E-state index contributed by atoms with van der Waals surface area (Å²) in [7, 11) is -3.66. The van der Waals surface area contributed by atoms with Gasteiger partial charge in [-0.1, -0.05) is 17.7 Å². The molecule has 0 unspecified atom stereocenters. The van der Waals surface area contributed by atoms with Gasteiger partial charge in [0.05, 0.1) is 11.6 Å². The zero-order valence-corrected chi connectivity index (χ0v) is 10.6. The van der Waals surface area contributed by atoms with Crippen molar-refractivity contribution in [3.8, 4) is 0 Å². The molecule has 1 aromatic carbocycles. The number of nitrogens with one attached hydrogen (secondary N) is 1. The number of aryl methyl sites for hydroxylation is 1. The summed E-state index contributed by atoms with van der Waals surface area (Å²) < 4.78 is 26.0. The molecule has 4 nitrogen and oxygen atoms in total. The summed E-state index contributed by atoms with van der Waals surface area (Å²) in [6.07, 6.45) is 0. The Kier molecular flexibility index (Phi) is 4.32. The van der Waals surface area contributed by atoms with E-state index in [4.69, 9.17) is 16.7 Å². The zero-order valence-electron chi connectivity index (χ0n) is 9.07. The maximum atomic E-state index is 11.8. The SMILES string of the molecule is Cc1ccc(S(=O)(=O)N[C@@H](C)CO)c(Cl)c1. The van der Waals surface area contributed by atoms with E-state index in [1.54, 1.807) is 19.1 Å². The Labute approximate surface area is 100 Å². The first-order valence-corrected chi connectivity index (χ1v) is 6.62. The van der Waals surface area contributed by atoms with E-state index in [0.29, 0.717) is 0 Å². The molecule has 1 rings (SSSR count). The van der Waals surface area contributed by atoms with Gasteiger partial charge in [0, 0.05) is 6.04 Å². The molecular weight excluding hydrogens is 250 g/mol. The summed E-state index contributed by atoms with van der Waals surface area (Å²) in [4.78, 5) is 0.0278.